The van der Waals surface area contributed by atoms with Crippen molar-refractivity contribution in [1.29, 1.82) is 0 Å². The normalized spacial score (nSPS) is 10.7. The second kappa shape index (κ2) is 5.00. The molecule has 0 aromatic carbocycles. The molecular weight excluding hydrogens is 260 g/mol. The van der Waals surface area contributed by atoms with Gasteiger partial charge in [-0.25, -0.2) is 14.9 Å². The fraction of sp³-hybridized carbons (Fsp3) is 0.167. The van der Waals surface area contributed by atoms with Gasteiger partial charge in [0.2, 0.25) is 5.88 Å². The Morgan fingerprint density at radius 3 is 3.00 bits per heavy atom. The van der Waals surface area contributed by atoms with Crippen LogP contribution < -0.4 is 15.7 Å². The SMILES string of the molecule is COc1ccc(CNc2ccc3n[nH]c(=O)n3n2)cn1. The Labute approximate surface area is 113 Å². The smallest absolute Gasteiger partial charge is 0.364 e. The molecule has 0 unspecified atom stereocenters. The van der Waals surface area contributed by atoms with Crippen LogP contribution in [0.2, 0.25) is 0 Å². The zero-order chi connectivity index (χ0) is 13.9. The van der Waals surface area contributed by atoms with Crippen molar-refractivity contribution >= 4 is 11.5 Å². The molecule has 0 aliphatic carbocycles. The molecule has 8 nitrogen and oxygen atoms in total. The van der Waals surface area contributed by atoms with E-state index in [9.17, 15) is 4.79 Å². The number of aromatic nitrogens is 5. The minimum Gasteiger partial charge on any atom is -0.481 e. The molecule has 0 amide bonds. The maximum atomic E-state index is 11.4. The van der Waals surface area contributed by atoms with E-state index < -0.39 is 0 Å². The Morgan fingerprint density at radius 1 is 1.35 bits per heavy atom. The fourth-order valence-corrected chi connectivity index (χ4v) is 1.73. The van der Waals surface area contributed by atoms with Crippen LogP contribution in [0.1, 0.15) is 5.56 Å². The van der Waals surface area contributed by atoms with Crippen LogP contribution in [0.4, 0.5) is 5.82 Å². The summed E-state index contributed by atoms with van der Waals surface area (Å²) in [6.45, 7) is 0.544. The van der Waals surface area contributed by atoms with E-state index in [1.165, 1.54) is 4.52 Å². The fourth-order valence-electron chi connectivity index (χ4n) is 1.73. The van der Waals surface area contributed by atoms with E-state index in [-0.39, 0.29) is 5.69 Å². The molecule has 3 aromatic heterocycles. The third-order valence-electron chi connectivity index (χ3n) is 2.75. The highest BCUT2D eigenvalue weighted by Gasteiger charge is 2.03. The highest BCUT2D eigenvalue weighted by atomic mass is 16.5. The van der Waals surface area contributed by atoms with Gasteiger partial charge in [-0.2, -0.15) is 9.61 Å². The topological polar surface area (TPSA) is 97.2 Å². The number of anilines is 1. The molecule has 3 aromatic rings. The van der Waals surface area contributed by atoms with Crippen molar-refractivity contribution in [2.45, 2.75) is 6.54 Å². The number of ether oxygens (including phenoxy) is 1. The molecule has 102 valence electrons. The summed E-state index contributed by atoms with van der Waals surface area (Å²) in [5.41, 5.74) is 1.09. The Hall–Kier alpha value is -2.90. The lowest BCUT2D eigenvalue weighted by Gasteiger charge is -2.05. The molecule has 3 rings (SSSR count). The number of aromatic amines is 1. The molecule has 0 aliphatic heterocycles. The van der Waals surface area contributed by atoms with Crippen LogP contribution in [0.5, 0.6) is 5.88 Å². The van der Waals surface area contributed by atoms with E-state index in [1.807, 2.05) is 6.07 Å². The van der Waals surface area contributed by atoms with Crippen LogP contribution in [-0.4, -0.2) is 31.9 Å². The van der Waals surface area contributed by atoms with Crippen LogP contribution in [0, 0.1) is 0 Å². The number of pyridine rings is 1. The van der Waals surface area contributed by atoms with Crippen LogP contribution in [0.3, 0.4) is 0 Å². The Balaban J connectivity index is 1.75. The molecule has 3 heterocycles. The summed E-state index contributed by atoms with van der Waals surface area (Å²) in [5, 5.41) is 13.4. The minimum absolute atomic E-state index is 0.366. The number of hydrogen-bond donors (Lipinski definition) is 2. The van der Waals surface area contributed by atoms with Gasteiger partial charge < -0.3 is 10.1 Å². The van der Waals surface area contributed by atoms with Crippen LogP contribution >= 0.6 is 0 Å². The van der Waals surface area contributed by atoms with E-state index >= 15 is 0 Å². The number of rotatable bonds is 4. The highest BCUT2D eigenvalue weighted by Crippen LogP contribution is 2.09. The maximum absolute atomic E-state index is 11.4. The number of hydrogen-bond acceptors (Lipinski definition) is 6. The summed E-state index contributed by atoms with van der Waals surface area (Å²) in [4.78, 5) is 15.5. The predicted molar refractivity (Wildman–Crippen MR) is 71.7 cm³/mol. The van der Waals surface area contributed by atoms with E-state index in [1.54, 1.807) is 31.5 Å². The van der Waals surface area contributed by atoms with Gasteiger partial charge in [0.05, 0.1) is 7.11 Å². The van der Waals surface area contributed by atoms with Gasteiger partial charge in [-0.05, 0) is 17.7 Å². The molecule has 0 spiro atoms. The van der Waals surface area contributed by atoms with Gasteiger partial charge >= 0.3 is 5.69 Å². The second-order valence-electron chi connectivity index (χ2n) is 4.08. The average molecular weight is 272 g/mol. The first-order valence-electron chi connectivity index (χ1n) is 5.93. The second-order valence-corrected chi connectivity index (χ2v) is 4.08. The number of methoxy groups -OCH3 is 1. The van der Waals surface area contributed by atoms with Gasteiger partial charge in [0.25, 0.3) is 0 Å². The molecule has 0 aliphatic rings. The zero-order valence-electron chi connectivity index (χ0n) is 10.7. The summed E-state index contributed by atoms with van der Waals surface area (Å²) in [7, 11) is 1.57. The Bertz CT molecular complexity index is 776. The summed E-state index contributed by atoms with van der Waals surface area (Å²) in [5.74, 6) is 1.15. The molecule has 20 heavy (non-hydrogen) atoms. The average Bonchev–Trinajstić information content (AvgIpc) is 2.87. The number of fused-ring (bicyclic) bond motifs is 1. The summed E-state index contributed by atoms with van der Waals surface area (Å²) in [6, 6.07) is 7.15. The minimum atomic E-state index is -0.366. The molecule has 0 atom stereocenters. The zero-order valence-corrected chi connectivity index (χ0v) is 10.7. The first-order valence-corrected chi connectivity index (χ1v) is 5.93. The van der Waals surface area contributed by atoms with Crippen molar-refractivity contribution in [3.8, 4) is 5.88 Å². The van der Waals surface area contributed by atoms with Crippen molar-refractivity contribution in [3.05, 3.63) is 46.5 Å². The van der Waals surface area contributed by atoms with Crippen molar-refractivity contribution in [2.75, 3.05) is 12.4 Å². The van der Waals surface area contributed by atoms with Crippen LogP contribution in [0.25, 0.3) is 5.65 Å². The van der Waals surface area contributed by atoms with Gasteiger partial charge in [0, 0.05) is 18.8 Å². The summed E-state index contributed by atoms with van der Waals surface area (Å²) in [6.07, 6.45) is 1.72. The maximum Gasteiger partial charge on any atom is 0.364 e. The van der Waals surface area contributed by atoms with Gasteiger partial charge in [-0.15, -0.1) is 5.10 Å². The molecule has 8 heteroatoms. The predicted octanol–water partition coefficient (Wildman–Crippen LogP) is 0.433. The lowest BCUT2D eigenvalue weighted by atomic mass is 10.3. The molecule has 0 radical (unpaired) electrons. The van der Waals surface area contributed by atoms with Gasteiger partial charge in [0.1, 0.15) is 5.82 Å². The lowest BCUT2D eigenvalue weighted by Crippen LogP contribution is -2.14. The van der Waals surface area contributed by atoms with Gasteiger partial charge in [-0.1, -0.05) is 6.07 Å². The van der Waals surface area contributed by atoms with Crippen LogP contribution in [0.15, 0.2) is 35.3 Å². The van der Waals surface area contributed by atoms with E-state index in [4.69, 9.17) is 4.74 Å². The molecular formula is C12H12N6O2. The van der Waals surface area contributed by atoms with E-state index in [0.717, 1.165) is 5.56 Å². The lowest BCUT2D eigenvalue weighted by molar-refractivity contribution is 0.397. The molecule has 0 saturated heterocycles. The highest BCUT2D eigenvalue weighted by molar-refractivity contribution is 5.43. The van der Waals surface area contributed by atoms with Crippen LogP contribution in [-0.2, 0) is 6.54 Å². The monoisotopic (exact) mass is 272 g/mol. The summed E-state index contributed by atoms with van der Waals surface area (Å²) >= 11 is 0. The van der Waals surface area contributed by atoms with Crippen molar-refractivity contribution < 1.29 is 4.74 Å². The number of H-pyrrole nitrogens is 1. The largest absolute Gasteiger partial charge is 0.481 e. The standard InChI is InChI=1S/C12H12N6O2/c1-20-11-5-2-8(7-14-11)6-13-9-3-4-10-15-16-12(19)18(10)17-9/h2-5,7H,6H2,1H3,(H,13,17)(H,16,19). The molecule has 0 bridgehead atoms. The van der Waals surface area contributed by atoms with Crippen molar-refractivity contribution in [2.24, 2.45) is 0 Å². The van der Waals surface area contributed by atoms with Crippen molar-refractivity contribution in [1.82, 2.24) is 24.8 Å². The van der Waals surface area contributed by atoms with E-state index in [0.29, 0.717) is 23.9 Å². The Kier molecular flexibility index (Phi) is 3.04. The van der Waals surface area contributed by atoms with E-state index in [2.05, 4.69) is 25.6 Å². The summed E-state index contributed by atoms with van der Waals surface area (Å²) < 4.78 is 6.20. The third kappa shape index (κ3) is 2.30. The Morgan fingerprint density at radius 2 is 2.25 bits per heavy atom. The first kappa shape index (κ1) is 12.2. The van der Waals surface area contributed by atoms with Gasteiger partial charge in [-0.3, -0.25) is 0 Å². The quantitative estimate of drug-likeness (QED) is 0.715. The first-order chi connectivity index (χ1) is 9.76. The molecule has 2 N–H and O–H groups in total. The third-order valence-corrected chi connectivity index (χ3v) is 2.75. The van der Waals surface area contributed by atoms with Gasteiger partial charge in [0.15, 0.2) is 5.65 Å². The number of nitrogens with one attached hydrogen (secondary N) is 2. The number of nitrogens with zero attached hydrogens (tertiary/aromatic N) is 4. The van der Waals surface area contributed by atoms with Crippen molar-refractivity contribution in [3.63, 3.8) is 0 Å². The molecule has 0 fully saturated rings. The molecule has 0 saturated carbocycles.